The van der Waals surface area contributed by atoms with Gasteiger partial charge in [-0.2, -0.15) is 0 Å². The molecule has 208 valence electrons. The molecule has 0 aromatic heterocycles. The van der Waals surface area contributed by atoms with Crippen LogP contribution in [0.15, 0.2) is 84.9 Å². The third-order valence-corrected chi connectivity index (χ3v) is 6.58. The van der Waals surface area contributed by atoms with Crippen molar-refractivity contribution in [1.82, 2.24) is 4.90 Å². The van der Waals surface area contributed by atoms with Crippen LogP contribution in [0, 0.1) is 13.8 Å². The molecule has 4 rings (SSSR count). The van der Waals surface area contributed by atoms with E-state index in [1.54, 1.807) is 12.1 Å². The minimum absolute atomic E-state index is 0.117. The Labute approximate surface area is 236 Å². The minimum Gasteiger partial charge on any atom is -0.465 e. The van der Waals surface area contributed by atoms with Crippen LogP contribution in [0.1, 0.15) is 43.0 Å². The normalized spacial score (nSPS) is 10.5. The number of aliphatic hydroxyl groups excluding tert-OH is 1. The molecule has 0 saturated heterocycles. The predicted octanol–water partition coefficient (Wildman–Crippen LogP) is 6.45. The highest BCUT2D eigenvalue weighted by Crippen LogP contribution is 2.29. The van der Waals surface area contributed by atoms with Gasteiger partial charge >= 0.3 is 11.9 Å². The second-order valence-electron chi connectivity index (χ2n) is 9.75. The van der Waals surface area contributed by atoms with Crippen LogP contribution in [-0.2, 0) is 22.6 Å². The van der Waals surface area contributed by atoms with Crippen LogP contribution in [0.3, 0.4) is 0 Å². The fraction of sp³-hybridized carbons (Fsp3) is 0.235. The Morgan fingerprint density at radius 2 is 1.07 bits per heavy atom. The molecule has 0 atom stereocenters. The summed E-state index contributed by atoms with van der Waals surface area (Å²) < 4.78 is 9.50. The van der Waals surface area contributed by atoms with Crippen molar-refractivity contribution in [3.05, 3.63) is 118 Å². The zero-order valence-electron chi connectivity index (χ0n) is 24.0. The summed E-state index contributed by atoms with van der Waals surface area (Å²) in [4.78, 5) is 25.3. The number of benzene rings is 4. The van der Waals surface area contributed by atoms with Crippen LogP contribution in [-0.4, -0.2) is 50.3 Å². The van der Waals surface area contributed by atoms with Gasteiger partial charge in [0.15, 0.2) is 0 Å². The third-order valence-electron chi connectivity index (χ3n) is 6.58. The molecule has 40 heavy (non-hydrogen) atoms. The molecule has 6 nitrogen and oxygen atoms in total. The minimum atomic E-state index is -0.397. The second kappa shape index (κ2) is 14.2. The molecule has 0 amide bonds. The van der Waals surface area contributed by atoms with Crippen molar-refractivity contribution in [2.75, 3.05) is 28.3 Å². The number of nitrogens with zero attached hydrogens (tertiary/aromatic N) is 1. The average Bonchev–Trinajstić information content (AvgIpc) is 2.96. The molecule has 0 aliphatic rings. The topological polar surface area (TPSA) is 76.1 Å². The monoisotopic (exact) mass is 539 g/mol. The lowest BCUT2D eigenvalue weighted by molar-refractivity contribution is 0.0591. The van der Waals surface area contributed by atoms with Crippen molar-refractivity contribution >= 4 is 11.9 Å². The SMILES string of the molecule is COC(=O)c1ccc(-c2ccccc2C)c(CN(C)C)c1.COC(=O)c1ccc(-c2ccccc2C)c(CO)c1. The van der Waals surface area contributed by atoms with Gasteiger partial charge in [-0.15, -0.1) is 0 Å². The van der Waals surface area contributed by atoms with E-state index in [9.17, 15) is 14.7 Å². The molecule has 0 radical (unpaired) electrons. The molecule has 6 heteroatoms. The molecule has 4 aromatic rings. The maximum atomic E-state index is 11.7. The van der Waals surface area contributed by atoms with Crippen molar-refractivity contribution in [2.24, 2.45) is 0 Å². The van der Waals surface area contributed by atoms with Crippen LogP contribution in [0.2, 0.25) is 0 Å². The van der Waals surface area contributed by atoms with Crippen LogP contribution in [0.25, 0.3) is 22.3 Å². The van der Waals surface area contributed by atoms with E-state index in [4.69, 9.17) is 4.74 Å². The number of aliphatic hydroxyl groups is 1. The van der Waals surface area contributed by atoms with Gasteiger partial charge in [0.25, 0.3) is 0 Å². The second-order valence-corrected chi connectivity index (χ2v) is 9.75. The Bertz CT molecular complexity index is 1480. The van der Waals surface area contributed by atoms with E-state index in [0.29, 0.717) is 11.1 Å². The number of esters is 2. The molecule has 0 spiro atoms. The van der Waals surface area contributed by atoms with E-state index in [2.05, 4.69) is 28.7 Å². The first kappa shape index (κ1) is 30.3. The lowest BCUT2D eigenvalue weighted by Crippen LogP contribution is -2.13. The van der Waals surface area contributed by atoms with Crippen LogP contribution in [0.4, 0.5) is 0 Å². The Hall–Kier alpha value is -4.26. The van der Waals surface area contributed by atoms with Gasteiger partial charge in [-0.3, -0.25) is 0 Å². The summed E-state index contributed by atoms with van der Waals surface area (Å²) in [5.41, 5.74) is 9.59. The quantitative estimate of drug-likeness (QED) is 0.272. The lowest BCUT2D eigenvalue weighted by atomic mass is 9.94. The molecule has 4 aromatic carbocycles. The summed E-state index contributed by atoms with van der Waals surface area (Å²) in [7, 11) is 6.79. The number of hydrogen-bond donors (Lipinski definition) is 1. The summed E-state index contributed by atoms with van der Waals surface area (Å²) >= 11 is 0. The maximum absolute atomic E-state index is 11.7. The first-order valence-electron chi connectivity index (χ1n) is 13.0. The molecule has 1 N–H and O–H groups in total. The van der Waals surface area contributed by atoms with Gasteiger partial charge in [-0.1, -0.05) is 60.7 Å². The van der Waals surface area contributed by atoms with E-state index in [1.165, 1.54) is 25.3 Å². The fourth-order valence-corrected chi connectivity index (χ4v) is 4.56. The van der Waals surface area contributed by atoms with E-state index in [-0.39, 0.29) is 12.6 Å². The number of methoxy groups -OCH3 is 2. The van der Waals surface area contributed by atoms with E-state index in [0.717, 1.165) is 39.9 Å². The summed E-state index contributed by atoms with van der Waals surface area (Å²) in [6.45, 7) is 4.77. The highest BCUT2D eigenvalue weighted by atomic mass is 16.5. The maximum Gasteiger partial charge on any atom is 0.337 e. The van der Waals surface area contributed by atoms with E-state index >= 15 is 0 Å². The van der Waals surface area contributed by atoms with Gasteiger partial charge in [0.05, 0.1) is 32.0 Å². The third kappa shape index (κ3) is 7.44. The van der Waals surface area contributed by atoms with Crippen molar-refractivity contribution in [2.45, 2.75) is 27.0 Å². The number of ether oxygens (including phenoxy) is 2. The van der Waals surface area contributed by atoms with Crippen molar-refractivity contribution < 1.29 is 24.2 Å². The van der Waals surface area contributed by atoms with Gasteiger partial charge in [0.1, 0.15) is 0 Å². The smallest absolute Gasteiger partial charge is 0.337 e. The van der Waals surface area contributed by atoms with Gasteiger partial charge in [-0.05, 0) is 96.7 Å². The summed E-state index contributed by atoms with van der Waals surface area (Å²) in [5.74, 6) is -0.697. The Morgan fingerprint density at radius 1 is 0.650 bits per heavy atom. The molecule has 0 saturated carbocycles. The van der Waals surface area contributed by atoms with E-state index < -0.39 is 5.97 Å². The molecule has 0 heterocycles. The summed E-state index contributed by atoms with van der Waals surface area (Å²) in [6.07, 6.45) is 0. The molecule has 0 aliphatic heterocycles. The van der Waals surface area contributed by atoms with Crippen molar-refractivity contribution in [1.29, 1.82) is 0 Å². The van der Waals surface area contributed by atoms with Crippen LogP contribution < -0.4 is 0 Å². The standard InChI is InChI=1S/C18H21NO2.C16H16O3/c1-13-7-5-6-8-16(13)17-10-9-14(18(20)21-4)11-15(17)12-19(2)3;1-11-5-3-4-6-14(11)15-8-7-12(16(18)19-2)9-13(15)10-17/h5-11H,12H2,1-4H3;3-9,17H,10H2,1-2H3. The van der Waals surface area contributed by atoms with Gasteiger partial charge in [0, 0.05) is 6.54 Å². The van der Waals surface area contributed by atoms with Crippen molar-refractivity contribution in [3.8, 4) is 22.3 Å². The Kier molecular flexibility index (Phi) is 10.8. The largest absolute Gasteiger partial charge is 0.465 e. The molecule has 0 bridgehead atoms. The van der Waals surface area contributed by atoms with Crippen LogP contribution >= 0.6 is 0 Å². The predicted molar refractivity (Wildman–Crippen MR) is 159 cm³/mol. The zero-order valence-corrected chi connectivity index (χ0v) is 24.0. The van der Waals surface area contributed by atoms with Gasteiger partial charge in [-0.25, -0.2) is 9.59 Å². The zero-order chi connectivity index (χ0) is 29.2. The molecule has 0 aliphatic carbocycles. The molecular formula is C34H37NO5. The number of carbonyl (C=O) groups excluding carboxylic acids is 2. The lowest BCUT2D eigenvalue weighted by Gasteiger charge is -2.17. The number of rotatable bonds is 7. The van der Waals surface area contributed by atoms with Crippen molar-refractivity contribution in [3.63, 3.8) is 0 Å². The highest BCUT2D eigenvalue weighted by molar-refractivity contribution is 5.91. The number of aryl methyl sites for hydroxylation is 2. The average molecular weight is 540 g/mol. The first-order chi connectivity index (χ1) is 19.2. The molecular weight excluding hydrogens is 502 g/mol. The Morgan fingerprint density at radius 3 is 1.48 bits per heavy atom. The van der Waals surface area contributed by atoms with E-state index in [1.807, 2.05) is 81.7 Å². The van der Waals surface area contributed by atoms with Gasteiger partial charge < -0.3 is 19.5 Å². The highest BCUT2D eigenvalue weighted by Gasteiger charge is 2.14. The number of hydrogen-bond acceptors (Lipinski definition) is 6. The number of carbonyl (C=O) groups is 2. The fourth-order valence-electron chi connectivity index (χ4n) is 4.56. The van der Waals surface area contributed by atoms with Gasteiger partial charge in [0.2, 0.25) is 0 Å². The molecule has 0 fully saturated rings. The first-order valence-corrected chi connectivity index (χ1v) is 13.0. The summed E-state index contributed by atoms with van der Waals surface area (Å²) in [6, 6.07) is 27.2. The Balaban J connectivity index is 0.000000222. The van der Waals surface area contributed by atoms with Crippen LogP contribution in [0.5, 0.6) is 0 Å². The molecule has 0 unspecified atom stereocenters. The summed E-state index contributed by atoms with van der Waals surface area (Å²) in [5, 5.41) is 9.50.